The summed E-state index contributed by atoms with van der Waals surface area (Å²) in [7, 11) is -4.95. The summed E-state index contributed by atoms with van der Waals surface area (Å²) < 4.78 is 81.0. The van der Waals surface area contributed by atoms with Crippen LogP contribution in [0.1, 0.15) is 68.7 Å². The number of alkyl halides is 3. The first-order valence-corrected chi connectivity index (χ1v) is 14.4. The highest BCUT2D eigenvalue weighted by Crippen LogP contribution is 2.52. The van der Waals surface area contributed by atoms with Crippen molar-refractivity contribution in [3.63, 3.8) is 0 Å². The van der Waals surface area contributed by atoms with Gasteiger partial charge in [-0.15, -0.1) is 0 Å². The number of ether oxygens (including phenoxy) is 2. The summed E-state index contributed by atoms with van der Waals surface area (Å²) in [6, 6.07) is 12.2. The lowest BCUT2D eigenvalue weighted by Crippen LogP contribution is -2.49. The topological polar surface area (TPSA) is 99.1 Å². The average Bonchev–Trinajstić information content (AvgIpc) is 2.89. The van der Waals surface area contributed by atoms with Crippen molar-refractivity contribution in [1.29, 1.82) is 0 Å². The summed E-state index contributed by atoms with van der Waals surface area (Å²) in [5, 5.41) is 10.4. The van der Waals surface area contributed by atoms with Crippen molar-refractivity contribution in [2.75, 3.05) is 13.9 Å². The van der Waals surface area contributed by atoms with Crippen LogP contribution in [0.3, 0.4) is 0 Å². The molecule has 41 heavy (non-hydrogen) atoms. The van der Waals surface area contributed by atoms with Gasteiger partial charge < -0.3 is 14.6 Å². The summed E-state index contributed by atoms with van der Waals surface area (Å²) in [6.45, 7) is 7.95. The van der Waals surface area contributed by atoms with Crippen LogP contribution in [0.2, 0.25) is 0 Å². The molecule has 0 aliphatic heterocycles. The molecular formula is C30H33F3O7S. The van der Waals surface area contributed by atoms with Crippen molar-refractivity contribution in [3.8, 4) is 5.75 Å². The lowest BCUT2D eigenvalue weighted by molar-refractivity contribution is -0.153. The van der Waals surface area contributed by atoms with Crippen molar-refractivity contribution in [3.05, 3.63) is 82.9 Å². The van der Waals surface area contributed by atoms with Gasteiger partial charge in [-0.2, -0.15) is 21.6 Å². The summed E-state index contributed by atoms with van der Waals surface area (Å²) >= 11 is 0. The number of fused-ring (bicyclic) bond motifs is 1. The molecule has 2 aliphatic rings. The number of methoxy groups -OCH3 is 1. The fourth-order valence-corrected chi connectivity index (χ4v) is 6.16. The third-order valence-corrected chi connectivity index (χ3v) is 9.00. The molecule has 1 N–H and O–H groups in total. The van der Waals surface area contributed by atoms with E-state index in [4.69, 9.17) is 9.47 Å². The Balaban J connectivity index is 2.06. The molecular weight excluding hydrogens is 561 g/mol. The van der Waals surface area contributed by atoms with Crippen molar-refractivity contribution >= 4 is 21.7 Å². The molecule has 2 unspecified atom stereocenters. The van der Waals surface area contributed by atoms with Gasteiger partial charge in [0.1, 0.15) is 5.75 Å². The molecule has 0 amide bonds. The molecule has 7 nitrogen and oxygen atoms in total. The largest absolute Gasteiger partial charge is 0.523 e. The van der Waals surface area contributed by atoms with E-state index in [1.807, 2.05) is 13.8 Å². The van der Waals surface area contributed by atoms with E-state index in [1.54, 1.807) is 42.5 Å². The van der Waals surface area contributed by atoms with Gasteiger partial charge in [0.2, 0.25) is 5.60 Å². The van der Waals surface area contributed by atoms with Crippen LogP contribution in [0.25, 0.3) is 5.57 Å². The van der Waals surface area contributed by atoms with Gasteiger partial charge in [-0.1, -0.05) is 76.2 Å². The normalized spacial score (nSPS) is 23.4. The standard InChI is InChI=1S/C30H33F3O7S/c1-27(2)13-14-28(3,4)24-17-25(39-18-38-5)21(16-23(24)27)22-15-20(19-9-7-6-8-10-19)11-12-29(22,26(34)35)40-41(36,37)30(31,32)33/h6-12,15-17,22H,13-14,18H2,1-5H3,(H,34,35). The van der Waals surface area contributed by atoms with E-state index in [0.717, 1.165) is 30.0 Å². The number of halogens is 3. The van der Waals surface area contributed by atoms with Gasteiger partial charge in [-0.05, 0) is 58.1 Å². The maximum atomic E-state index is 13.6. The van der Waals surface area contributed by atoms with E-state index in [-0.39, 0.29) is 28.9 Å². The smallest absolute Gasteiger partial charge is 0.479 e. The quantitative estimate of drug-likeness (QED) is 0.213. The first kappa shape index (κ1) is 30.8. The zero-order valence-corrected chi connectivity index (χ0v) is 24.2. The first-order chi connectivity index (χ1) is 19.0. The molecule has 0 radical (unpaired) electrons. The summed E-state index contributed by atoms with van der Waals surface area (Å²) in [6.07, 6.45) is 5.18. The molecule has 0 fully saturated rings. The zero-order chi connectivity index (χ0) is 30.4. The Morgan fingerprint density at radius 3 is 2.15 bits per heavy atom. The summed E-state index contributed by atoms with van der Waals surface area (Å²) in [5.74, 6) is -3.31. The number of benzene rings is 2. The molecule has 0 heterocycles. The predicted octanol–water partition coefficient (Wildman–Crippen LogP) is 6.44. The maximum Gasteiger partial charge on any atom is 0.523 e. The van der Waals surface area contributed by atoms with Gasteiger partial charge in [0.05, 0.1) is 5.92 Å². The number of carboxylic acid groups (broad SMARTS) is 1. The zero-order valence-electron chi connectivity index (χ0n) is 23.4. The fourth-order valence-electron chi connectivity index (χ4n) is 5.47. The van der Waals surface area contributed by atoms with Crippen LogP contribution >= 0.6 is 0 Å². The SMILES string of the molecule is COCOc1cc2c(cc1C1C=C(c3ccccc3)C=CC1(OS(=O)(=O)C(F)(F)F)C(=O)O)C(C)(C)CCC2(C)C. The van der Waals surface area contributed by atoms with E-state index in [0.29, 0.717) is 11.1 Å². The number of carboxylic acids is 1. The Hall–Kier alpha value is -3.15. The number of carbonyl (C=O) groups is 1. The molecule has 4 rings (SSSR count). The fraction of sp³-hybridized carbons (Fsp3) is 0.433. The van der Waals surface area contributed by atoms with Crippen LogP contribution in [-0.2, 0) is 34.7 Å². The van der Waals surface area contributed by atoms with Gasteiger partial charge in [0.15, 0.2) is 6.79 Å². The lowest BCUT2D eigenvalue weighted by Gasteiger charge is -2.43. The van der Waals surface area contributed by atoms with Crippen molar-refractivity contribution in [1.82, 2.24) is 0 Å². The minimum atomic E-state index is -6.34. The summed E-state index contributed by atoms with van der Waals surface area (Å²) in [4.78, 5) is 12.8. The van der Waals surface area contributed by atoms with Crippen molar-refractivity contribution in [2.45, 2.75) is 68.4 Å². The summed E-state index contributed by atoms with van der Waals surface area (Å²) in [5.41, 5.74) is -6.42. The monoisotopic (exact) mass is 594 g/mol. The molecule has 2 aromatic rings. The van der Waals surface area contributed by atoms with Gasteiger partial charge >= 0.3 is 21.6 Å². The Bertz CT molecular complexity index is 1490. The van der Waals surface area contributed by atoms with Crippen molar-refractivity contribution < 1.29 is 45.1 Å². The minimum Gasteiger partial charge on any atom is -0.479 e. The second-order valence-electron chi connectivity index (χ2n) is 11.6. The van der Waals surface area contributed by atoms with E-state index in [2.05, 4.69) is 18.0 Å². The first-order valence-electron chi connectivity index (χ1n) is 13.0. The Kier molecular flexibility index (Phi) is 7.96. The third kappa shape index (κ3) is 5.67. The number of hydrogen-bond donors (Lipinski definition) is 1. The van der Waals surface area contributed by atoms with Gasteiger partial charge in [-0.3, -0.25) is 0 Å². The molecule has 0 saturated carbocycles. The second kappa shape index (κ2) is 10.6. The highest BCUT2D eigenvalue weighted by atomic mass is 32.2. The third-order valence-electron chi connectivity index (χ3n) is 7.94. The van der Waals surface area contributed by atoms with Gasteiger partial charge in [0.25, 0.3) is 0 Å². The van der Waals surface area contributed by atoms with Crippen LogP contribution in [0.4, 0.5) is 13.2 Å². The van der Waals surface area contributed by atoms with Crippen LogP contribution in [0.15, 0.2) is 60.7 Å². The van der Waals surface area contributed by atoms with Crippen LogP contribution in [0, 0.1) is 0 Å². The van der Waals surface area contributed by atoms with Crippen LogP contribution < -0.4 is 4.74 Å². The van der Waals surface area contributed by atoms with E-state index >= 15 is 0 Å². The van der Waals surface area contributed by atoms with E-state index < -0.39 is 33.1 Å². The Morgan fingerprint density at radius 2 is 1.61 bits per heavy atom. The van der Waals surface area contributed by atoms with Gasteiger partial charge in [0, 0.05) is 12.7 Å². The molecule has 0 bridgehead atoms. The van der Waals surface area contributed by atoms with Gasteiger partial charge in [-0.25, -0.2) is 8.98 Å². The maximum absolute atomic E-state index is 13.6. The molecule has 2 aromatic carbocycles. The molecule has 0 spiro atoms. The number of rotatable bonds is 8. The highest BCUT2D eigenvalue weighted by Gasteiger charge is 2.58. The second-order valence-corrected chi connectivity index (χ2v) is 13.2. The lowest BCUT2D eigenvalue weighted by atomic mass is 9.62. The van der Waals surface area contributed by atoms with E-state index in [1.165, 1.54) is 19.3 Å². The Labute approximate surface area is 237 Å². The molecule has 2 aliphatic carbocycles. The van der Waals surface area contributed by atoms with Crippen LogP contribution in [-0.4, -0.2) is 44.5 Å². The average molecular weight is 595 g/mol. The number of aliphatic carboxylic acids is 1. The number of allylic oxidation sites excluding steroid dienone is 2. The number of hydrogen-bond acceptors (Lipinski definition) is 6. The van der Waals surface area contributed by atoms with Crippen molar-refractivity contribution in [2.24, 2.45) is 0 Å². The predicted molar refractivity (Wildman–Crippen MR) is 147 cm³/mol. The minimum absolute atomic E-state index is 0.152. The molecule has 2 atom stereocenters. The van der Waals surface area contributed by atoms with Crippen LogP contribution in [0.5, 0.6) is 5.75 Å². The molecule has 0 aromatic heterocycles. The van der Waals surface area contributed by atoms with E-state index in [9.17, 15) is 31.5 Å². The molecule has 222 valence electrons. The molecule has 0 saturated heterocycles. The molecule has 11 heteroatoms. The Morgan fingerprint density at radius 1 is 1.02 bits per heavy atom. The highest BCUT2D eigenvalue weighted by molar-refractivity contribution is 7.87.